The van der Waals surface area contributed by atoms with Gasteiger partial charge in [-0.2, -0.15) is 0 Å². The molecule has 1 unspecified atom stereocenters. The third-order valence-corrected chi connectivity index (χ3v) is 5.45. The van der Waals surface area contributed by atoms with Gasteiger partial charge in [0, 0.05) is 41.9 Å². The van der Waals surface area contributed by atoms with Crippen molar-refractivity contribution in [2.24, 2.45) is 0 Å². The van der Waals surface area contributed by atoms with Gasteiger partial charge in [-0.3, -0.25) is 0 Å². The van der Waals surface area contributed by atoms with E-state index in [0.717, 1.165) is 42.5 Å². The average Bonchev–Trinajstić information content (AvgIpc) is 3.38. The number of rotatable bonds is 6. The molecule has 5 rings (SSSR count). The van der Waals surface area contributed by atoms with Crippen molar-refractivity contribution >= 4 is 10.9 Å². The molecular formula is C23H24N4O2. The van der Waals surface area contributed by atoms with E-state index in [2.05, 4.69) is 45.5 Å². The number of para-hydroxylation sites is 2. The summed E-state index contributed by atoms with van der Waals surface area (Å²) in [5, 5.41) is 4.81. The molecule has 0 bridgehead atoms. The fourth-order valence-electron chi connectivity index (χ4n) is 3.95. The van der Waals surface area contributed by atoms with Crippen molar-refractivity contribution in [2.75, 3.05) is 13.7 Å². The van der Waals surface area contributed by atoms with Crippen LogP contribution in [0.2, 0.25) is 0 Å². The molecule has 6 nitrogen and oxygen atoms in total. The summed E-state index contributed by atoms with van der Waals surface area (Å²) >= 11 is 0. The third-order valence-electron chi connectivity index (χ3n) is 5.45. The van der Waals surface area contributed by atoms with E-state index in [-0.39, 0.29) is 6.10 Å². The van der Waals surface area contributed by atoms with Crippen LogP contribution in [0, 0.1) is 0 Å². The predicted molar refractivity (Wildman–Crippen MR) is 113 cm³/mol. The van der Waals surface area contributed by atoms with E-state index in [9.17, 15) is 0 Å². The second kappa shape index (κ2) is 7.73. The number of hydrogen-bond donors (Lipinski definition) is 2. The topological polar surface area (TPSA) is 64.1 Å². The smallest absolute Gasteiger partial charge is 0.135 e. The third kappa shape index (κ3) is 3.52. The number of aromatic amines is 1. The van der Waals surface area contributed by atoms with Crippen molar-refractivity contribution in [1.29, 1.82) is 0 Å². The lowest BCUT2D eigenvalue weighted by Gasteiger charge is -2.24. The van der Waals surface area contributed by atoms with Crippen LogP contribution in [0.25, 0.3) is 22.2 Å². The van der Waals surface area contributed by atoms with E-state index in [1.165, 1.54) is 16.5 Å². The molecule has 148 valence electrons. The van der Waals surface area contributed by atoms with E-state index >= 15 is 0 Å². The van der Waals surface area contributed by atoms with Crippen LogP contribution in [0.5, 0.6) is 5.75 Å². The van der Waals surface area contributed by atoms with Crippen LogP contribution in [-0.2, 0) is 24.4 Å². The maximum atomic E-state index is 6.03. The number of nitrogens with zero attached hydrogens (tertiary/aromatic N) is 2. The molecule has 1 aliphatic heterocycles. The lowest BCUT2D eigenvalue weighted by atomic mass is 10.1. The number of ether oxygens (including phenoxy) is 2. The number of aromatic nitrogens is 3. The Labute approximate surface area is 169 Å². The van der Waals surface area contributed by atoms with E-state index < -0.39 is 0 Å². The monoisotopic (exact) mass is 388 g/mol. The van der Waals surface area contributed by atoms with Gasteiger partial charge in [-0.25, -0.2) is 4.98 Å². The zero-order valence-corrected chi connectivity index (χ0v) is 16.4. The van der Waals surface area contributed by atoms with E-state index in [1.54, 1.807) is 7.11 Å². The largest absolute Gasteiger partial charge is 0.496 e. The van der Waals surface area contributed by atoms with Crippen molar-refractivity contribution in [3.63, 3.8) is 0 Å². The Balaban J connectivity index is 1.24. The zero-order valence-electron chi connectivity index (χ0n) is 16.4. The van der Waals surface area contributed by atoms with Gasteiger partial charge in [-0.1, -0.05) is 30.3 Å². The normalized spacial score (nSPS) is 16.1. The highest BCUT2D eigenvalue weighted by molar-refractivity contribution is 5.82. The molecule has 29 heavy (non-hydrogen) atoms. The predicted octanol–water partition coefficient (Wildman–Crippen LogP) is 3.73. The van der Waals surface area contributed by atoms with Gasteiger partial charge in [0.05, 0.1) is 25.5 Å². The standard InChI is InChI=1S/C23H24N4O2/c1-28-22-9-5-3-7-19(22)21-14-27-13-17(29-15-23(27)26-21)12-24-10-16-11-25-20-8-4-2-6-18(16)20/h2-9,11,14,17,24-25H,10,12-13,15H2,1H3. The Bertz CT molecular complexity index is 1130. The second-order valence-corrected chi connectivity index (χ2v) is 7.32. The fraction of sp³-hybridized carbons (Fsp3) is 0.261. The quantitative estimate of drug-likeness (QED) is 0.528. The van der Waals surface area contributed by atoms with Gasteiger partial charge in [0.15, 0.2) is 0 Å². The highest BCUT2D eigenvalue weighted by Gasteiger charge is 2.22. The van der Waals surface area contributed by atoms with Crippen LogP contribution in [0.3, 0.4) is 0 Å². The highest BCUT2D eigenvalue weighted by atomic mass is 16.5. The first-order chi connectivity index (χ1) is 14.3. The number of imidazole rings is 1. The van der Waals surface area contributed by atoms with Crippen LogP contribution in [0.1, 0.15) is 11.4 Å². The van der Waals surface area contributed by atoms with E-state index in [0.29, 0.717) is 6.61 Å². The molecule has 4 aromatic rings. The second-order valence-electron chi connectivity index (χ2n) is 7.32. The van der Waals surface area contributed by atoms with Crippen LogP contribution in [0.4, 0.5) is 0 Å². The molecule has 0 aliphatic carbocycles. The Morgan fingerprint density at radius 1 is 1.21 bits per heavy atom. The average molecular weight is 388 g/mol. The van der Waals surface area contributed by atoms with Gasteiger partial charge < -0.3 is 24.3 Å². The molecule has 0 saturated carbocycles. The number of fused-ring (bicyclic) bond motifs is 2. The molecule has 3 heterocycles. The van der Waals surface area contributed by atoms with Crippen molar-refractivity contribution in [3.8, 4) is 17.0 Å². The lowest BCUT2D eigenvalue weighted by Crippen LogP contribution is -2.35. The number of benzene rings is 2. The Hall–Kier alpha value is -3.09. The van der Waals surface area contributed by atoms with E-state index in [4.69, 9.17) is 14.5 Å². The Kier molecular flexibility index (Phi) is 4.79. The van der Waals surface area contributed by atoms with Crippen molar-refractivity contribution in [2.45, 2.75) is 25.8 Å². The Morgan fingerprint density at radius 2 is 2.07 bits per heavy atom. The molecule has 2 aromatic heterocycles. The number of methoxy groups -OCH3 is 1. The molecule has 1 aliphatic rings. The van der Waals surface area contributed by atoms with Gasteiger partial charge in [0.25, 0.3) is 0 Å². The summed E-state index contributed by atoms with van der Waals surface area (Å²) in [5.41, 5.74) is 4.38. The summed E-state index contributed by atoms with van der Waals surface area (Å²) < 4.78 is 13.7. The number of H-pyrrole nitrogens is 1. The minimum absolute atomic E-state index is 0.118. The molecular weight excluding hydrogens is 364 g/mol. The van der Waals surface area contributed by atoms with Crippen LogP contribution >= 0.6 is 0 Å². The first kappa shape index (κ1) is 18.0. The summed E-state index contributed by atoms with van der Waals surface area (Å²) in [6.07, 6.45) is 4.29. The molecule has 0 spiro atoms. The first-order valence-corrected chi connectivity index (χ1v) is 9.88. The zero-order chi connectivity index (χ0) is 19.6. The molecule has 0 fully saturated rings. The van der Waals surface area contributed by atoms with Gasteiger partial charge in [-0.05, 0) is 23.8 Å². The first-order valence-electron chi connectivity index (χ1n) is 9.88. The molecule has 0 radical (unpaired) electrons. The van der Waals surface area contributed by atoms with Gasteiger partial charge in [-0.15, -0.1) is 0 Å². The maximum absolute atomic E-state index is 6.03. The molecule has 0 saturated heterocycles. The fourth-order valence-corrected chi connectivity index (χ4v) is 3.95. The number of nitrogens with one attached hydrogen (secondary N) is 2. The summed E-state index contributed by atoms with van der Waals surface area (Å²) in [6.45, 7) is 2.92. The molecule has 1 atom stereocenters. The maximum Gasteiger partial charge on any atom is 0.135 e. The summed E-state index contributed by atoms with van der Waals surface area (Å²) in [5.74, 6) is 1.79. The van der Waals surface area contributed by atoms with Crippen molar-refractivity contribution < 1.29 is 9.47 Å². The van der Waals surface area contributed by atoms with E-state index in [1.807, 2.05) is 30.3 Å². The summed E-state index contributed by atoms with van der Waals surface area (Å²) in [4.78, 5) is 8.08. The number of hydrogen-bond acceptors (Lipinski definition) is 4. The minimum Gasteiger partial charge on any atom is -0.496 e. The molecule has 6 heteroatoms. The summed E-state index contributed by atoms with van der Waals surface area (Å²) in [7, 11) is 1.69. The van der Waals surface area contributed by atoms with Gasteiger partial charge >= 0.3 is 0 Å². The van der Waals surface area contributed by atoms with Gasteiger partial charge in [0.1, 0.15) is 18.2 Å². The van der Waals surface area contributed by atoms with Crippen LogP contribution < -0.4 is 10.1 Å². The lowest BCUT2D eigenvalue weighted by molar-refractivity contribution is 0.00279. The summed E-state index contributed by atoms with van der Waals surface area (Å²) in [6, 6.07) is 16.3. The van der Waals surface area contributed by atoms with Crippen molar-refractivity contribution in [3.05, 3.63) is 72.3 Å². The molecule has 0 amide bonds. The SMILES string of the molecule is COc1ccccc1-c1cn2c(n1)COC(CNCc1c[nH]c3ccccc13)C2. The Morgan fingerprint density at radius 3 is 3.00 bits per heavy atom. The van der Waals surface area contributed by atoms with Crippen LogP contribution in [0.15, 0.2) is 60.9 Å². The molecule has 2 aromatic carbocycles. The highest BCUT2D eigenvalue weighted by Crippen LogP contribution is 2.30. The van der Waals surface area contributed by atoms with Gasteiger partial charge in [0.2, 0.25) is 0 Å². The molecule has 2 N–H and O–H groups in total. The minimum atomic E-state index is 0.118. The van der Waals surface area contributed by atoms with Crippen molar-refractivity contribution in [1.82, 2.24) is 19.9 Å². The van der Waals surface area contributed by atoms with Crippen LogP contribution in [-0.4, -0.2) is 34.3 Å².